The molecule has 1 aromatic heterocycles. The van der Waals surface area contributed by atoms with Crippen molar-refractivity contribution in [3.63, 3.8) is 0 Å². The Labute approximate surface area is 94.9 Å². The highest BCUT2D eigenvalue weighted by molar-refractivity contribution is 9.10. The summed E-state index contributed by atoms with van der Waals surface area (Å²) in [5.74, 6) is 1.46. The highest BCUT2D eigenvalue weighted by Gasteiger charge is 2.02. The Kier molecular flexibility index (Phi) is 4.54. The van der Waals surface area contributed by atoms with Gasteiger partial charge in [0.1, 0.15) is 5.82 Å². The molecule has 1 atom stereocenters. The minimum Gasteiger partial charge on any atom is -0.368 e. The molecule has 0 spiro atoms. The number of aromatic nitrogens is 1. The molecule has 1 heterocycles. The number of pyridine rings is 1. The molecule has 0 radical (unpaired) electrons. The second-order valence-corrected chi connectivity index (χ2v) is 5.34. The summed E-state index contributed by atoms with van der Waals surface area (Å²) in [5.41, 5.74) is 1.14. The zero-order chi connectivity index (χ0) is 10.6. The smallest absolute Gasteiger partial charge is 0.140 e. The SMILES string of the molecule is Cc1ccnc(NCCS(C)=O)c1Br. The Hall–Kier alpha value is -0.420. The van der Waals surface area contributed by atoms with Crippen molar-refractivity contribution >= 4 is 32.5 Å². The maximum atomic E-state index is 10.8. The van der Waals surface area contributed by atoms with E-state index in [1.807, 2.05) is 13.0 Å². The Bertz CT molecular complexity index is 344. The standard InChI is InChI=1S/C9H13BrN2OS/c1-7-3-4-11-9(8(7)10)12-5-6-14(2)13/h3-4H,5-6H2,1-2H3,(H,11,12). The highest BCUT2D eigenvalue weighted by atomic mass is 79.9. The summed E-state index contributed by atoms with van der Waals surface area (Å²) in [7, 11) is -0.757. The molecule has 0 aromatic carbocycles. The maximum Gasteiger partial charge on any atom is 0.140 e. The van der Waals surface area contributed by atoms with E-state index in [2.05, 4.69) is 26.2 Å². The van der Waals surface area contributed by atoms with E-state index in [0.717, 1.165) is 15.9 Å². The molecule has 0 bridgehead atoms. The van der Waals surface area contributed by atoms with Crippen molar-refractivity contribution in [1.29, 1.82) is 0 Å². The molecule has 0 saturated heterocycles. The summed E-state index contributed by atoms with van der Waals surface area (Å²) in [4.78, 5) is 4.18. The van der Waals surface area contributed by atoms with Gasteiger partial charge in [-0.05, 0) is 34.5 Å². The average molecular weight is 277 g/mol. The van der Waals surface area contributed by atoms with Crippen molar-refractivity contribution in [2.24, 2.45) is 0 Å². The predicted molar refractivity (Wildman–Crippen MR) is 64.1 cm³/mol. The van der Waals surface area contributed by atoms with Crippen LogP contribution in [-0.4, -0.2) is 27.7 Å². The van der Waals surface area contributed by atoms with Gasteiger partial charge in [-0.3, -0.25) is 4.21 Å². The van der Waals surface area contributed by atoms with Gasteiger partial charge < -0.3 is 5.32 Å². The van der Waals surface area contributed by atoms with E-state index in [0.29, 0.717) is 12.3 Å². The summed E-state index contributed by atoms with van der Waals surface area (Å²) in [6.07, 6.45) is 3.45. The normalized spacial score (nSPS) is 12.5. The van der Waals surface area contributed by atoms with Crippen LogP contribution in [0.5, 0.6) is 0 Å². The van der Waals surface area contributed by atoms with Crippen molar-refractivity contribution in [1.82, 2.24) is 4.98 Å². The van der Waals surface area contributed by atoms with Gasteiger partial charge in [-0.15, -0.1) is 0 Å². The van der Waals surface area contributed by atoms with Crippen LogP contribution >= 0.6 is 15.9 Å². The number of nitrogens with one attached hydrogen (secondary N) is 1. The van der Waals surface area contributed by atoms with Crippen molar-refractivity contribution in [2.75, 3.05) is 23.9 Å². The van der Waals surface area contributed by atoms with Crippen molar-refractivity contribution in [3.8, 4) is 0 Å². The van der Waals surface area contributed by atoms with Crippen LogP contribution in [0.15, 0.2) is 16.7 Å². The summed E-state index contributed by atoms with van der Waals surface area (Å²) < 4.78 is 11.8. The molecule has 14 heavy (non-hydrogen) atoms. The third-order valence-electron chi connectivity index (χ3n) is 1.76. The molecule has 0 fully saturated rings. The first-order valence-electron chi connectivity index (χ1n) is 4.26. The quantitative estimate of drug-likeness (QED) is 0.914. The fourth-order valence-corrected chi connectivity index (χ4v) is 1.74. The number of hydrogen-bond acceptors (Lipinski definition) is 3. The number of anilines is 1. The van der Waals surface area contributed by atoms with Gasteiger partial charge >= 0.3 is 0 Å². The first-order chi connectivity index (χ1) is 6.61. The van der Waals surface area contributed by atoms with Gasteiger partial charge in [-0.2, -0.15) is 0 Å². The molecule has 1 N–H and O–H groups in total. The Morgan fingerprint density at radius 2 is 2.36 bits per heavy atom. The molecule has 1 rings (SSSR count). The molecule has 0 aliphatic rings. The third-order valence-corrected chi connectivity index (χ3v) is 3.54. The van der Waals surface area contributed by atoms with E-state index in [1.165, 1.54) is 0 Å². The Morgan fingerprint density at radius 1 is 1.64 bits per heavy atom. The molecular weight excluding hydrogens is 264 g/mol. The highest BCUT2D eigenvalue weighted by Crippen LogP contribution is 2.22. The monoisotopic (exact) mass is 276 g/mol. The number of hydrogen-bond donors (Lipinski definition) is 1. The van der Waals surface area contributed by atoms with E-state index in [-0.39, 0.29) is 0 Å². The predicted octanol–water partition coefficient (Wildman–Crippen LogP) is 1.94. The fourth-order valence-electron chi connectivity index (χ4n) is 0.977. The van der Waals surface area contributed by atoms with E-state index in [1.54, 1.807) is 12.5 Å². The topological polar surface area (TPSA) is 42.0 Å². The fraction of sp³-hybridized carbons (Fsp3) is 0.444. The zero-order valence-corrected chi connectivity index (χ0v) is 10.6. The van der Waals surface area contributed by atoms with E-state index in [9.17, 15) is 4.21 Å². The molecule has 1 unspecified atom stereocenters. The molecule has 0 saturated carbocycles. The van der Waals surface area contributed by atoms with E-state index in [4.69, 9.17) is 0 Å². The van der Waals surface area contributed by atoms with Crippen LogP contribution in [0.4, 0.5) is 5.82 Å². The Morgan fingerprint density at radius 3 is 3.00 bits per heavy atom. The lowest BCUT2D eigenvalue weighted by Gasteiger charge is -2.07. The van der Waals surface area contributed by atoms with Crippen LogP contribution in [0.3, 0.4) is 0 Å². The molecule has 78 valence electrons. The number of rotatable bonds is 4. The van der Waals surface area contributed by atoms with Gasteiger partial charge in [0, 0.05) is 35.5 Å². The van der Waals surface area contributed by atoms with Crippen LogP contribution in [0.2, 0.25) is 0 Å². The number of halogens is 1. The minimum atomic E-state index is -0.757. The number of nitrogens with zero attached hydrogens (tertiary/aromatic N) is 1. The van der Waals surface area contributed by atoms with Gasteiger partial charge in [0.15, 0.2) is 0 Å². The van der Waals surface area contributed by atoms with Gasteiger partial charge in [0.25, 0.3) is 0 Å². The molecule has 0 aliphatic heterocycles. The third kappa shape index (κ3) is 3.38. The molecule has 3 nitrogen and oxygen atoms in total. The van der Waals surface area contributed by atoms with Crippen molar-refractivity contribution in [2.45, 2.75) is 6.92 Å². The van der Waals surface area contributed by atoms with Crippen molar-refractivity contribution in [3.05, 3.63) is 22.3 Å². The Balaban J connectivity index is 2.59. The minimum absolute atomic E-state index is 0.641. The molecule has 0 amide bonds. The summed E-state index contributed by atoms with van der Waals surface area (Å²) >= 11 is 3.45. The molecular formula is C9H13BrN2OS. The lowest BCUT2D eigenvalue weighted by Crippen LogP contribution is -2.11. The zero-order valence-electron chi connectivity index (χ0n) is 8.21. The second-order valence-electron chi connectivity index (χ2n) is 2.99. The van der Waals surface area contributed by atoms with E-state index < -0.39 is 10.8 Å². The average Bonchev–Trinajstić information content (AvgIpc) is 2.12. The first-order valence-corrected chi connectivity index (χ1v) is 6.78. The second kappa shape index (κ2) is 5.46. The lowest BCUT2D eigenvalue weighted by molar-refractivity contribution is 0.687. The van der Waals surface area contributed by atoms with Gasteiger partial charge in [0.05, 0.1) is 4.47 Å². The van der Waals surface area contributed by atoms with Crippen LogP contribution in [-0.2, 0) is 10.8 Å². The van der Waals surface area contributed by atoms with Crippen LogP contribution in [0.1, 0.15) is 5.56 Å². The maximum absolute atomic E-state index is 10.8. The van der Waals surface area contributed by atoms with Crippen molar-refractivity contribution < 1.29 is 4.21 Å². The first kappa shape index (κ1) is 11.7. The lowest BCUT2D eigenvalue weighted by atomic mass is 10.3. The molecule has 0 aliphatic carbocycles. The largest absolute Gasteiger partial charge is 0.368 e. The molecule has 1 aromatic rings. The van der Waals surface area contributed by atoms with Crippen LogP contribution < -0.4 is 5.32 Å². The summed E-state index contributed by atoms with van der Waals surface area (Å²) in [5, 5.41) is 3.13. The van der Waals surface area contributed by atoms with Gasteiger partial charge in [0.2, 0.25) is 0 Å². The molecule has 5 heteroatoms. The van der Waals surface area contributed by atoms with Gasteiger partial charge in [-0.25, -0.2) is 4.98 Å². The van der Waals surface area contributed by atoms with Crippen LogP contribution in [0.25, 0.3) is 0 Å². The van der Waals surface area contributed by atoms with E-state index >= 15 is 0 Å². The summed E-state index contributed by atoms with van der Waals surface area (Å²) in [6.45, 7) is 2.69. The summed E-state index contributed by atoms with van der Waals surface area (Å²) in [6, 6.07) is 1.94. The van der Waals surface area contributed by atoms with Crippen LogP contribution in [0, 0.1) is 6.92 Å². The number of aryl methyl sites for hydroxylation is 1. The van der Waals surface area contributed by atoms with Gasteiger partial charge in [-0.1, -0.05) is 0 Å².